The SMILES string of the molecule is C[Si](C)(C)C#CC#Cc1ccc(-c2ccc(C#CI)cc2)cc1. The molecule has 0 aliphatic carbocycles. The van der Waals surface area contributed by atoms with Gasteiger partial charge in [-0.15, -0.1) is 5.54 Å². The van der Waals surface area contributed by atoms with Gasteiger partial charge in [0.25, 0.3) is 0 Å². The minimum Gasteiger partial charge on any atom is -0.118 e. The normalized spacial score (nSPS) is 9.57. The molecule has 0 N–H and O–H groups in total. The van der Waals surface area contributed by atoms with E-state index in [-0.39, 0.29) is 0 Å². The molecule has 23 heavy (non-hydrogen) atoms. The molecule has 0 fully saturated rings. The van der Waals surface area contributed by atoms with Crippen molar-refractivity contribution in [1.82, 2.24) is 0 Å². The van der Waals surface area contributed by atoms with Crippen LogP contribution in [0.15, 0.2) is 48.5 Å². The van der Waals surface area contributed by atoms with Gasteiger partial charge < -0.3 is 0 Å². The van der Waals surface area contributed by atoms with E-state index in [1.165, 1.54) is 11.1 Å². The van der Waals surface area contributed by atoms with Crippen LogP contribution in [0.2, 0.25) is 19.6 Å². The molecule has 0 saturated heterocycles. The second kappa shape index (κ2) is 8.07. The highest BCUT2D eigenvalue weighted by molar-refractivity contribution is 14.1. The second-order valence-electron chi connectivity index (χ2n) is 6.12. The molecule has 2 heteroatoms. The molecule has 0 heterocycles. The molecule has 0 aliphatic heterocycles. The van der Waals surface area contributed by atoms with Gasteiger partial charge in [0.1, 0.15) is 8.07 Å². The van der Waals surface area contributed by atoms with Crippen molar-refractivity contribution in [3.05, 3.63) is 59.7 Å². The van der Waals surface area contributed by atoms with Crippen LogP contribution in [-0.2, 0) is 0 Å². The lowest BCUT2D eigenvalue weighted by molar-refractivity contribution is 1.58. The first kappa shape index (κ1) is 17.4. The summed E-state index contributed by atoms with van der Waals surface area (Å²) < 4.78 is 2.88. The van der Waals surface area contributed by atoms with E-state index in [1.807, 2.05) is 24.3 Å². The van der Waals surface area contributed by atoms with Gasteiger partial charge in [0.15, 0.2) is 0 Å². The molecule has 2 aromatic carbocycles. The summed E-state index contributed by atoms with van der Waals surface area (Å²) in [7, 11) is -1.33. The molecule has 0 aliphatic rings. The molecule has 0 amide bonds. The quantitative estimate of drug-likeness (QED) is 0.330. The van der Waals surface area contributed by atoms with E-state index in [9.17, 15) is 0 Å². The Morgan fingerprint density at radius 3 is 1.61 bits per heavy atom. The van der Waals surface area contributed by atoms with Crippen LogP contribution in [0.25, 0.3) is 11.1 Å². The standard InChI is InChI=1S/C21H17ISi/c1-23(2,3)17-5-4-6-18-7-11-20(12-8-18)21-13-9-19(10-14-21)15-16-22/h7-14H,1-3H3. The summed E-state index contributed by atoms with van der Waals surface area (Å²) in [5, 5.41) is 0. The fraction of sp³-hybridized carbons (Fsp3) is 0.143. The number of benzene rings is 2. The Balaban J connectivity index is 2.14. The van der Waals surface area contributed by atoms with Crippen molar-refractivity contribution in [1.29, 1.82) is 0 Å². The Labute approximate surface area is 153 Å². The van der Waals surface area contributed by atoms with Crippen LogP contribution in [-0.4, -0.2) is 8.07 Å². The van der Waals surface area contributed by atoms with Crippen LogP contribution in [0.4, 0.5) is 0 Å². The summed E-state index contributed by atoms with van der Waals surface area (Å²) >= 11 is 2.05. The number of halogens is 1. The first-order chi connectivity index (χ1) is 11.0. The third-order valence-corrected chi connectivity index (χ3v) is 4.15. The molecule has 0 unspecified atom stereocenters. The Kier molecular flexibility index (Phi) is 6.11. The van der Waals surface area contributed by atoms with Gasteiger partial charge in [0.05, 0.1) is 0 Å². The molecule has 112 valence electrons. The van der Waals surface area contributed by atoms with Gasteiger partial charge in [-0.2, -0.15) is 0 Å². The first-order valence-electron chi connectivity index (χ1n) is 7.33. The summed E-state index contributed by atoms with van der Waals surface area (Å²) in [6.45, 7) is 6.65. The van der Waals surface area contributed by atoms with E-state index in [0.717, 1.165) is 11.1 Å². The predicted molar refractivity (Wildman–Crippen MR) is 111 cm³/mol. The summed E-state index contributed by atoms with van der Waals surface area (Å²) in [5.74, 6) is 12.1. The molecule has 0 spiro atoms. The molecule has 0 bridgehead atoms. The summed E-state index contributed by atoms with van der Waals surface area (Å²) in [4.78, 5) is 0. The lowest BCUT2D eigenvalue weighted by atomic mass is 10.0. The maximum absolute atomic E-state index is 3.25. The minimum atomic E-state index is -1.33. The maximum atomic E-state index is 3.25. The van der Waals surface area contributed by atoms with Crippen LogP contribution in [0, 0.1) is 33.2 Å². The van der Waals surface area contributed by atoms with Gasteiger partial charge in [-0.25, -0.2) is 0 Å². The largest absolute Gasteiger partial charge is 0.130 e. The fourth-order valence-corrected chi connectivity index (χ4v) is 2.62. The molecule has 0 aromatic heterocycles. The first-order valence-corrected chi connectivity index (χ1v) is 11.9. The Morgan fingerprint density at radius 1 is 0.696 bits per heavy atom. The average Bonchev–Trinajstić information content (AvgIpc) is 2.52. The van der Waals surface area contributed by atoms with Crippen molar-refractivity contribution in [3.8, 4) is 44.3 Å². The van der Waals surface area contributed by atoms with Gasteiger partial charge in [-0.1, -0.05) is 55.7 Å². The Morgan fingerprint density at radius 2 is 1.17 bits per heavy atom. The lowest BCUT2D eigenvalue weighted by Crippen LogP contribution is -2.16. The van der Waals surface area contributed by atoms with Crippen molar-refractivity contribution in [2.45, 2.75) is 19.6 Å². The average molecular weight is 424 g/mol. The fourth-order valence-electron chi connectivity index (χ4n) is 1.87. The van der Waals surface area contributed by atoms with E-state index in [1.54, 1.807) is 0 Å². The van der Waals surface area contributed by atoms with Gasteiger partial charge in [-0.3, -0.25) is 0 Å². The smallest absolute Gasteiger partial charge is 0.118 e. The third kappa shape index (κ3) is 5.99. The summed E-state index contributed by atoms with van der Waals surface area (Å²) in [6.07, 6.45) is 0. The Bertz CT molecular complexity index is 850. The van der Waals surface area contributed by atoms with Crippen molar-refractivity contribution in [2.75, 3.05) is 0 Å². The highest BCUT2D eigenvalue weighted by Gasteiger charge is 2.06. The van der Waals surface area contributed by atoms with Crippen molar-refractivity contribution in [2.24, 2.45) is 0 Å². The highest BCUT2D eigenvalue weighted by Crippen LogP contribution is 2.20. The summed E-state index contributed by atoms with van der Waals surface area (Å²) in [5.41, 5.74) is 7.64. The molecule has 2 rings (SSSR count). The number of rotatable bonds is 1. The van der Waals surface area contributed by atoms with Crippen LogP contribution in [0.1, 0.15) is 11.1 Å². The van der Waals surface area contributed by atoms with E-state index in [0.29, 0.717) is 0 Å². The third-order valence-electron chi connectivity index (χ3n) is 3.00. The monoisotopic (exact) mass is 424 g/mol. The van der Waals surface area contributed by atoms with Gasteiger partial charge in [0, 0.05) is 33.7 Å². The van der Waals surface area contributed by atoms with E-state index in [2.05, 4.69) is 99.6 Å². The maximum Gasteiger partial charge on any atom is 0.130 e. The zero-order valence-electron chi connectivity index (χ0n) is 13.5. The molecule has 2 aromatic rings. The predicted octanol–water partition coefficient (Wildman–Crippen LogP) is 5.33. The Hall–Kier alpha value is -1.93. The van der Waals surface area contributed by atoms with Gasteiger partial charge in [0.2, 0.25) is 0 Å². The minimum absolute atomic E-state index is 0.992. The van der Waals surface area contributed by atoms with Crippen molar-refractivity contribution < 1.29 is 0 Å². The zero-order chi connectivity index (χ0) is 16.7. The van der Waals surface area contributed by atoms with Crippen molar-refractivity contribution >= 4 is 30.7 Å². The van der Waals surface area contributed by atoms with E-state index >= 15 is 0 Å². The molecule has 0 radical (unpaired) electrons. The number of hydrogen-bond acceptors (Lipinski definition) is 0. The second-order valence-corrected chi connectivity index (χ2v) is 11.4. The molecular weight excluding hydrogens is 407 g/mol. The van der Waals surface area contributed by atoms with Gasteiger partial charge >= 0.3 is 0 Å². The summed E-state index contributed by atoms with van der Waals surface area (Å²) in [6, 6.07) is 16.5. The topological polar surface area (TPSA) is 0 Å². The van der Waals surface area contributed by atoms with Crippen LogP contribution in [0.3, 0.4) is 0 Å². The van der Waals surface area contributed by atoms with Crippen LogP contribution >= 0.6 is 22.6 Å². The molecule has 0 nitrogen and oxygen atoms in total. The number of hydrogen-bond donors (Lipinski definition) is 0. The molecular formula is C21H17ISi. The van der Waals surface area contributed by atoms with Crippen molar-refractivity contribution in [3.63, 3.8) is 0 Å². The van der Waals surface area contributed by atoms with E-state index in [4.69, 9.17) is 0 Å². The molecule has 0 saturated carbocycles. The van der Waals surface area contributed by atoms with E-state index < -0.39 is 8.07 Å². The zero-order valence-corrected chi connectivity index (χ0v) is 16.7. The van der Waals surface area contributed by atoms with Crippen LogP contribution < -0.4 is 0 Å². The highest BCUT2D eigenvalue weighted by atomic mass is 127. The lowest BCUT2D eigenvalue weighted by Gasteiger charge is -2.02. The molecule has 0 atom stereocenters. The van der Waals surface area contributed by atoms with Gasteiger partial charge in [-0.05, 0) is 51.2 Å². The van der Waals surface area contributed by atoms with Crippen LogP contribution in [0.5, 0.6) is 0 Å².